The first-order valence-electron chi connectivity index (χ1n) is 19.0. The quantitative estimate of drug-likeness (QED) is 0.165. The minimum Gasteiger partial charge on any atom is -0.457 e. The molecule has 0 radical (unpaired) electrons. The zero-order chi connectivity index (χ0) is 37.8. The van der Waals surface area contributed by atoms with E-state index in [-0.39, 0.29) is 16.2 Å². The van der Waals surface area contributed by atoms with Crippen LogP contribution in [0, 0.1) is 0 Å². The summed E-state index contributed by atoms with van der Waals surface area (Å²) >= 11 is 0. The summed E-state index contributed by atoms with van der Waals surface area (Å²) in [5.41, 5.74) is 9.48. The van der Waals surface area contributed by atoms with Crippen LogP contribution < -0.4 is 14.5 Å². The second-order valence-corrected chi connectivity index (χ2v) is 17.2. The fourth-order valence-corrected chi connectivity index (χ4v) is 7.50. The highest BCUT2D eigenvalue weighted by atomic mass is 16.5. The first kappa shape index (κ1) is 35.2. The fraction of sp³-hybridized carbons (Fsp3) is 0.245. The Morgan fingerprint density at radius 3 is 1.87 bits per heavy atom. The molecule has 0 N–H and O–H groups in total. The highest BCUT2D eigenvalue weighted by Gasteiger charge is 2.26. The van der Waals surface area contributed by atoms with Gasteiger partial charge in [-0.25, -0.2) is 4.98 Å². The Labute approximate surface area is 320 Å². The van der Waals surface area contributed by atoms with Crippen molar-refractivity contribution < 1.29 is 4.74 Å². The Balaban J connectivity index is 1.15. The molecule has 2 aromatic heterocycles. The largest absolute Gasteiger partial charge is 0.457 e. The van der Waals surface area contributed by atoms with E-state index in [1.54, 1.807) is 0 Å². The van der Waals surface area contributed by atoms with Gasteiger partial charge in [0.25, 0.3) is 0 Å². The number of hydrogen-bond acceptors (Lipinski definition) is 4. The number of nitrogens with zero attached hydrogens (tertiary/aromatic N) is 4. The lowest BCUT2D eigenvalue weighted by atomic mass is 9.78. The lowest BCUT2D eigenvalue weighted by molar-refractivity contribution is 0.483. The van der Waals surface area contributed by atoms with Crippen LogP contribution in [-0.2, 0) is 16.2 Å². The molecule has 3 heterocycles. The molecule has 0 spiro atoms. The molecule has 5 nitrogen and oxygen atoms in total. The van der Waals surface area contributed by atoms with E-state index in [9.17, 15) is 0 Å². The number of hydrogen-bond donors (Lipinski definition) is 0. The summed E-state index contributed by atoms with van der Waals surface area (Å²) in [7, 11) is 0. The van der Waals surface area contributed by atoms with Crippen LogP contribution in [0.1, 0.15) is 77.6 Å². The molecule has 0 fully saturated rings. The van der Waals surface area contributed by atoms with E-state index in [4.69, 9.17) is 9.72 Å². The van der Waals surface area contributed by atoms with E-state index in [1.165, 1.54) is 33.3 Å². The summed E-state index contributed by atoms with van der Waals surface area (Å²) in [6, 6.07) is 45.6. The summed E-state index contributed by atoms with van der Waals surface area (Å²) in [5, 5.41) is 2.36. The van der Waals surface area contributed by atoms with Crippen LogP contribution in [-0.4, -0.2) is 16.2 Å². The van der Waals surface area contributed by atoms with Gasteiger partial charge in [-0.1, -0.05) is 110 Å². The first-order chi connectivity index (χ1) is 25.8. The van der Waals surface area contributed by atoms with Crippen LogP contribution >= 0.6 is 0 Å². The number of fused-ring (bicyclic) bond motifs is 3. The third-order valence-electron chi connectivity index (χ3n) is 11.0. The van der Waals surface area contributed by atoms with Crippen LogP contribution in [0.15, 0.2) is 146 Å². The lowest BCUT2D eigenvalue weighted by Crippen LogP contribution is -2.25. The van der Waals surface area contributed by atoms with Crippen molar-refractivity contribution in [2.75, 3.05) is 16.5 Å². The van der Waals surface area contributed by atoms with Crippen LogP contribution in [0.5, 0.6) is 11.5 Å². The van der Waals surface area contributed by atoms with Crippen molar-refractivity contribution in [2.24, 2.45) is 0 Å². The predicted octanol–water partition coefficient (Wildman–Crippen LogP) is 12.6. The number of aromatic nitrogens is 2. The minimum atomic E-state index is -0.166. The number of ether oxygens (including phenoxy) is 1. The predicted molar refractivity (Wildman–Crippen MR) is 226 cm³/mol. The van der Waals surface area contributed by atoms with E-state index in [0.717, 1.165) is 46.1 Å². The summed E-state index contributed by atoms with van der Waals surface area (Å²) in [4.78, 5) is 9.47. The smallest absolute Gasteiger partial charge is 0.137 e. The normalized spacial score (nSPS) is 13.7. The summed E-state index contributed by atoms with van der Waals surface area (Å²) in [6.07, 6.45) is 6.22. The standard InChI is InChI=1S/C49H50N4O/c1-47(2,3)35-16-12-17-38(28-35)51-26-27-52(33-51)39-18-13-19-40(31-39)54-41-21-22-42-43-29-37(49(7,8)34-14-10-9-11-15-34)20-23-44(43)53(45(42)32-41)46-30-36(24-25-50-46)48(4,5)6/h9-32H,33H2,1-8H3. The van der Waals surface area contributed by atoms with Gasteiger partial charge in [0.2, 0.25) is 0 Å². The molecule has 0 saturated heterocycles. The monoisotopic (exact) mass is 710 g/mol. The van der Waals surface area contributed by atoms with Gasteiger partial charge >= 0.3 is 0 Å². The highest BCUT2D eigenvalue weighted by molar-refractivity contribution is 6.09. The molecule has 1 aliphatic heterocycles. The SMILES string of the molecule is CC(C)(C)c1cccc(N2C=CN(c3cccc(Oc4ccc5c6cc(C(C)(C)c7ccccc7)ccc6n(-c6cc(C(C)(C)C)ccn6)c5c4)c3)C2)c1. The van der Waals surface area contributed by atoms with Crippen molar-refractivity contribution >= 4 is 33.2 Å². The van der Waals surface area contributed by atoms with Crippen LogP contribution in [0.3, 0.4) is 0 Å². The van der Waals surface area contributed by atoms with E-state index < -0.39 is 0 Å². The van der Waals surface area contributed by atoms with E-state index in [0.29, 0.717) is 0 Å². The molecule has 0 atom stereocenters. The molecule has 8 rings (SSSR count). The van der Waals surface area contributed by atoms with Gasteiger partial charge in [0.05, 0.1) is 17.7 Å². The molecule has 1 aliphatic rings. The number of anilines is 2. The lowest BCUT2D eigenvalue weighted by Gasteiger charge is -2.26. The number of pyridine rings is 1. The van der Waals surface area contributed by atoms with Gasteiger partial charge in [0, 0.05) is 58.3 Å². The topological polar surface area (TPSA) is 33.5 Å². The van der Waals surface area contributed by atoms with Crippen LogP contribution in [0.2, 0.25) is 0 Å². The molecule has 7 aromatic rings. The van der Waals surface area contributed by atoms with E-state index in [1.807, 2.05) is 12.3 Å². The average Bonchev–Trinajstić information content (AvgIpc) is 3.78. The molecule has 0 amide bonds. The first-order valence-corrected chi connectivity index (χ1v) is 19.0. The van der Waals surface area contributed by atoms with Gasteiger partial charge in [-0.15, -0.1) is 0 Å². The van der Waals surface area contributed by atoms with Crippen molar-refractivity contribution in [2.45, 2.75) is 71.6 Å². The Morgan fingerprint density at radius 2 is 1.15 bits per heavy atom. The minimum absolute atomic E-state index is 0.0133. The van der Waals surface area contributed by atoms with Gasteiger partial charge < -0.3 is 14.5 Å². The van der Waals surface area contributed by atoms with Crippen molar-refractivity contribution in [1.29, 1.82) is 0 Å². The maximum absolute atomic E-state index is 6.65. The van der Waals surface area contributed by atoms with Crippen LogP contribution in [0.25, 0.3) is 27.6 Å². The molecule has 54 heavy (non-hydrogen) atoms. The van der Waals surface area contributed by atoms with Crippen LogP contribution in [0.4, 0.5) is 11.4 Å². The maximum Gasteiger partial charge on any atom is 0.137 e. The summed E-state index contributed by atoms with van der Waals surface area (Å²) in [6.45, 7) is 18.8. The number of benzene rings is 5. The molecular weight excluding hydrogens is 661 g/mol. The zero-order valence-corrected chi connectivity index (χ0v) is 32.8. The highest BCUT2D eigenvalue weighted by Crippen LogP contribution is 2.40. The third-order valence-corrected chi connectivity index (χ3v) is 11.0. The average molecular weight is 711 g/mol. The molecule has 5 aromatic carbocycles. The van der Waals surface area contributed by atoms with Gasteiger partial charge in [0.15, 0.2) is 0 Å². The van der Waals surface area contributed by atoms with Gasteiger partial charge in [-0.05, 0) is 93.7 Å². The van der Waals surface area contributed by atoms with Gasteiger partial charge in [-0.3, -0.25) is 4.57 Å². The van der Waals surface area contributed by atoms with Crippen molar-refractivity contribution in [3.8, 4) is 17.3 Å². The summed E-state index contributed by atoms with van der Waals surface area (Å²) < 4.78 is 8.95. The molecule has 272 valence electrons. The van der Waals surface area contributed by atoms with Crippen molar-refractivity contribution in [1.82, 2.24) is 9.55 Å². The second-order valence-electron chi connectivity index (χ2n) is 17.2. The molecule has 0 saturated carbocycles. The van der Waals surface area contributed by atoms with Gasteiger partial charge in [0.1, 0.15) is 17.3 Å². The van der Waals surface area contributed by atoms with Gasteiger partial charge in [-0.2, -0.15) is 0 Å². The zero-order valence-electron chi connectivity index (χ0n) is 32.8. The Hall–Kier alpha value is -5.81. The Kier molecular flexibility index (Phi) is 8.64. The fourth-order valence-electron chi connectivity index (χ4n) is 7.50. The van der Waals surface area contributed by atoms with E-state index >= 15 is 0 Å². The number of rotatable bonds is 7. The Morgan fingerprint density at radius 1 is 0.500 bits per heavy atom. The third kappa shape index (κ3) is 6.64. The molecule has 0 unspecified atom stereocenters. The molecule has 0 bridgehead atoms. The molecule has 5 heteroatoms. The van der Waals surface area contributed by atoms with Crippen molar-refractivity contribution in [3.63, 3.8) is 0 Å². The maximum atomic E-state index is 6.65. The Bertz CT molecular complexity index is 2510. The van der Waals surface area contributed by atoms with Crippen molar-refractivity contribution in [3.05, 3.63) is 168 Å². The molecule has 0 aliphatic carbocycles. The molecular formula is C49H50N4O. The summed E-state index contributed by atoms with van der Waals surface area (Å²) in [5.74, 6) is 2.46. The van der Waals surface area contributed by atoms with E-state index in [2.05, 4.69) is 203 Å². The second kappa shape index (κ2) is 13.2.